The summed E-state index contributed by atoms with van der Waals surface area (Å²) >= 11 is 5.14. The molecule has 3 nitrogen and oxygen atoms in total. The number of ether oxygens (including phenoxy) is 1. The van der Waals surface area contributed by atoms with Crippen LogP contribution in [0.15, 0.2) is 56.7 Å². The highest BCUT2D eigenvalue weighted by Crippen LogP contribution is 2.49. The van der Waals surface area contributed by atoms with Crippen LogP contribution in [0.5, 0.6) is 0 Å². The monoisotopic (exact) mass is 377 g/mol. The third kappa shape index (κ3) is 3.01. The number of hydrogen-bond donors (Lipinski definition) is 0. The molecule has 2 aromatic rings. The van der Waals surface area contributed by atoms with Gasteiger partial charge >= 0.3 is 6.09 Å². The average molecular weight is 378 g/mol. The highest BCUT2D eigenvalue weighted by molar-refractivity contribution is 9.10. The largest absolute Gasteiger partial charge is 0.443 e. The Morgan fingerprint density at radius 2 is 1.77 bits per heavy atom. The summed E-state index contributed by atoms with van der Waals surface area (Å²) in [6, 6.07) is 13.8. The lowest BCUT2D eigenvalue weighted by Crippen LogP contribution is -2.35. The van der Waals surface area contributed by atoms with Crippen LogP contribution in [0.4, 0.5) is 16.2 Å². The average Bonchev–Trinajstić information content (AvgIpc) is 2.42. The van der Waals surface area contributed by atoms with E-state index in [9.17, 15) is 4.79 Å². The zero-order valence-corrected chi connectivity index (χ0v) is 15.0. The van der Waals surface area contributed by atoms with E-state index in [1.807, 2.05) is 63.2 Å². The second-order valence-electron chi connectivity index (χ2n) is 6.00. The molecule has 22 heavy (non-hydrogen) atoms. The molecule has 1 heterocycles. The zero-order chi connectivity index (χ0) is 15.9. The second kappa shape index (κ2) is 5.63. The Morgan fingerprint density at radius 3 is 2.50 bits per heavy atom. The standard InChI is InChI=1S/C17H16BrNO2S/c1-17(2,3)21-16(20)19-12-6-4-5-7-14(12)22-15-10-11(18)8-9-13(15)19/h4-10H,1-3H3. The number of carbonyl (C=O) groups is 1. The van der Waals surface area contributed by atoms with E-state index in [1.165, 1.54) is 0 Å². The van der Waals surface area contributed by atoms with Crippen molar-refractivity contribution in [2.24, 2.45) is 0 Å². The van der Waals surface area contributed by atoms with Crippen molar-refractivity contribution in [3.05, 3.63) is 46.9 Å². The number of nitrogens with zero attached hydrogens (tertiary/aromatic N) is 1. The molecule has 0 saturated heterocycles. The van der Waals surface area contributed by atoms with Gasteiger partial charge in [-0.3, -0.25) is 0 Å². The predicted molar refractivity (Wildman–Crippen MR) is 93.1 cm³/mol. The molecule has 1 amide bonds. The minimum atomic E-state index is -0.536. The molecule has 114 valence electrons. The highest BCUT2D eigenvalue weighted by atomic mass is 79.9. The van der Waals surface area contributed by atoms with Gasteiger partial charge in [0.15, 0.2) is 0 Å². The third-order valence-electron chi connectivity index (χ3n) is 3.06. The van der Waals surface area contributed by atoms with E-state index in [4.69, 9.17) is 4.74 Å². The quantitative estimate of drug-likeness (QED) is 0.564. The maximum absolute atomic E-state index is 12.7. The van der Waals surface area contributed by atoms with Crippen molar-refractivity contribution in [3.8, 4) is 0 Å². The Kier molecular flexibility index (Phi) is 3.95. The van der Waals surface area contributed by atoms with E-state index < -0.39 is 5.60 Å². The smallest absolute Gasteiger partial charge is 0.419 e. The van der Waals surface area contributed by atoms with Crippen LogP contribution in [-0.4, -0.2) is 11.7 Å². The van der Waals surface area contributed by atoms with E-state index in [0.717, 1.165) is 25.6 Å². The number of amides is 1. The molecule has 0 aliphatic carbocycles. The van der Waals surface area contributed by atoms with Crippen LogP contribution in [0.25, 0.3) is 0 Å². The second-order valence-corrected chi connectivity index (χ2v) is 8.00. The minimum Gasteiger partial charge on any atom is -0.443 e. The van der Waals surface area contributed by atoms with Gasteiger partial charge < -0.3 is 4.74 Å². The van der Waals surface area contributed by atoms with E-state index >= 15 is 0 Å². The number of benzene rings is 2. The number of fused-ring (bicyclic) bond motifs is 2. The van der Waals surface area contributed by atoms with Gasteiger partial charge in [0.25, 0.3) is 0 Å². The van der Waals surface area contributed by atoms with E-state index in [2.05, 4.69) is 15.9 Å². The summed E-state index contributed by atoms with van der Waals surface area (Å²) in [6.45, 7) is 5.62. The molecular weight excluding hydrogens is 362 g/mol. The summed E-state index contributed by atoms with van der Waals surface area (Å²) in [7, 11) is 0. The van der Waals surface area contributed by atoms with E-state index in [1.54, 1.807) is 16.7 Å². The van der Waals surface area contributed by atoms with Crippen LogP contribution >= 0.6 is 27.7 Å². The highest BCUT2D eigenvalue weighted by Gasteiger charge is 2.31. The predicted octanol–water partition coefficient (Wildman–Crippen LogP) is 5.99. The van der Waals surface area contributed by atoms with Crippen LogP contribution in [0, 0.1) is 0 Å². The van der Waals surface area contributed by atoms with Crippen molar-refractivity contribution >= 4 is 45.2 Å². The number of para-hydroxylation sites is 1. The maximum atomic E-state index is 12.7. The number of carbonyl (C=O) groups excluding carboxylic acids is 1. The molecule has 0 aromatic heterocycles. The Labute approximate surface area is 142 Å². The van der Waals surface area contributed by atoms with Gasteiger partial charge in [0, 0.05) is 14.3 Å². The zero-order valence-electron chi connectivity index (χ0n) is 12.6. The molecule has 1 aliphatic heterocycles. The van der Waals surface area contributed by atoms with Crippen LogP contribution in [0.3, 0.4) is 0 Å². The van der Waals surface area contributed by atoms with Crippen LogP contribution < -0.4 is 4.90 Å². The SMILES string of the molecule is CC(C)(C)OC(=O)N1c2ccccc2Sc2cc(Br)ccc21. The molecule has 5 heteroatoms. The van der Waals surface area contributed by atoms with Crippen LogP contribution in [0.1, 0.15) is 20.8 Å². The van der Waals surface area contributed by atoms with Gasteiger partial charge in [-0.15, -0.1) is 0 Å². The first-order chi connectivity index (χ1) is 10.3. The lowest BCUT2D eigenvalue weighted by Gasteiger charge is -2.32. The fourth-order valence-electron chi connectivity index (χ4n) is 2.24. The maximum Gasteiger partial charge on any atom is 0.419 e. The van der Waals surface area contributed by atoms with Gasteiger partial charge in [0.05, 0.1) is 11.4 Å². The molecule has 0 radical (unpaired) electrons. The number of halogens is 1. The lowest BCUT2D eigenvalue weighted by molar-refractivity contribution is 0.0597. The van der Waals surface area contributed by atoms with Crippen LogP contribution in [-0.2, 0) is 4.74 Å². The molecule has 0 atom stereocenters. The number of anilines is 2. The summed E-state index contributed by atoms with van der Waals surface area (Å²) in [5.74, 6) is 0. The fourth-order valence-corrected chi connectivity index (χ4v) is 3.84. The summed E-state index contributed by atoms with van der Waals surface area (Å²) in [6.07, 6.45) is -0.358. The first-order valence-corrected chi connectivity index (χ1v) is 8.56. The van der Waals surface area contributed by atoms with Crippen molar-refractivity contribution in [3.63, 3.8) is 0 Å². The molecule has 0 saturated carbocycles. The normalized spacial score (nSPS) is 13.4. The van der Waals surface area contributed by atoms with Crippen LogP contribution in [0.2, 0.25) is 0 Å². The van der Waals surface area contributed by atoms with Gasteiger partial charge in [0.2, 0.25) is 0 Å². The van der Waals surface area contributed by atoms with Gasteiger partial charge in [-0.05, 0) is 51.1 Å². The van der Waals surface area contributed by atoms with Crippen molar-refractivity contribution in [1.82, 2.24) is 0 Å². The Bertz CT molecular complexity index is 740. The minimum absolute atomic E-state index is 0.358. The molecule has 2 aromatic carbocycles. The summed E-state index contributed by atoms with van der Waals surface area (Å²) in [4.78, 5) is 16.4. The summed E-state index contributed by atoms with van der Waals surface area (Å²) < 4.78 is 6.58. The molecule has 0 spiro atoms. The molecule has 0 N–H and O–H groups in total. The first-order valence-electron chi connectivity index (χ1n) is 6.95. The van der Waals surface area contributed by atoms with E-state index in [0.29, 0.717) is 0 Å². The molecule has 0 unspecified atom stereocenters. The van der Waals surface area contributed by atoms with Gasteiger partial charge in [-0.2, -0.15) is 0 Å². The number of rotatable bonds is 0. The van der Waals surface area contributed by atoms with Gasteiger partial charge in [0.1, 0.15) is 5.60 Å². The summed E-state index contributed by atoms with van der Waals surface area (Å²) in [5.41, 5.74) is 1.17. The molecule has 0 bridgehead atoms. The molecular formula is C17H16BrNO2S. The lowest BCUT2D eigenvalue weighted by atomic mass is 10.2. The first kappa shape index (κ1) is 15.4. The fraction of sp³-hybridized carbons (Fsp3) is 0.235. The van der Waals surface area contributed by atoms with E-state index in [-0.39, 0.29) is 6.09 Å². The Hall–Kier alpha value is -1.46. The number of hydrogen-bond acceptors (Lipinski definition) is 3. The van der Waals surface area contributed by atoms with Crippen molar-refractivity contribution < 1.29 is 9.53 Å². The third-order valence-corrected chi connectivity index (χ3v) is 4.67. The molecule has 0 fully saturated rings. The summed E-state index contributed by atoms with van der Waals surface area (Å²) in [5, 5.41) is 0. The molecule has 3 rings (SSSR count). The Morgan fingerprint density at radius 1 is 1.09 bits per heavy atom. The topological polar surface area (TPSA) is 29.5 Å². The van der Waals surface area contributed by atoms with Gasteiger partial charge in [-0.1, -0.05) is 39.8 Å². The van der Waals surface area contributed by atoms with Crippen molar-refractivity contribution in [1.29, 1.82) is 0 Å². The molecule has 1 aliphatic rings. The van der Waals surface area contributed by atoms with Crippen molar-refractivity contribution in [2.75, 3.05) is 4.90 Å². The van der Waals surface area contributed by atoms with Crippen molar-refractivity contribution in [2.45, 2.75) is 36.2 Å². The van der Waals surface area contributed by atoms with Gasteiger partial charge in [-0.25, -0.2) is 9.69 Å². The Balaban J connectivity index is 2.10.